The molecule has 0 unspecified atom stereocenters. The number of likely N-dealkylation sites (N-methyl/N-ethyl adjacent to an activating group) is 1. The first-order valence-corrected chi connectivity index (χ1v) is 6.71. The van der Waals surface area contributed by atoms with Crippen LogP contribution in [0.2, 0.25) is 0 Å². The van der Waals surface area contributed by atoms with Crippen LogP contribution in [0.4, 0.5) is 5.82 Å². The van der Waals surface area contributed by atoms with E-state index in [2.05, 4.69) is 62.1 Å². The van der Waals surface area contributed by atoms with Gasteiger partial charge in [0, 0.05) is 19.7 Å². The number of benzene rings is 1. The average molecular weight is 306 g/mol. The zero-order valence-corrected chi connectivity index (χ0v) is 12.2. The first kappa shape index (κ1) is 13.0. The third-order valence-corrected chi connectivity index (χ3v) is 3.17. The summed E-state index contributed by atoms with van der Waals surface area (Å²) >= 11 is 3.40. The van der Waals surface area contributed by atoms with Crippen LogP contribution in [0.1, 0.15) is 11.4 Å². The third kappa shape index (κ3) is 3.53. The lowest BCUT2D eigenvalue weighted by molar-refractivity contribution is 0.846. The highest BCUT2D eigenvalue weighted by Crippen LogP contribution is 2.15. The zero-order valence-electron chi connectivity index (χ0n) is 10.6. The van der Waals surface area contributed by atoms with Gasteiger partial charge >= 0.3 is 0 Å². The van der Waals surface area contributed by atoms with Crippen molar-refractivity contribution in [2.45, 2.75) is 13.3 Å². The lowest BCUT2D eigenvalue weighted by Crippen LogP contribution is -2.21. The fraction of sp³-hybridized carbons (Fsp3) is 0.286. The molecule has 0 bridgehead atoms. The van der Waals surface area contributed by atoms with Crippen LogP contribution in [0, 0.1) is 6.92 Å². The first-order chi connectivity index (χ1) is 8.65. The van der Waals surface area contributed by atoms with Crippen molar-refractivity contribution in [1.82, 2.24) is 9.97 Å². The number of rotatable bonds is 4. The molecule has 0 saturated carbocycles. The standard InChI is InChI=1S/C14H16BrN3/c1-11-16-13(15)10-14(17-11)18(2)9-8-12-6-4-3-5-7-12/h3-7,10H,8-9H2,1-2H3. The molecule has 0 saturated heterocycles. The molecule has 0 aliphatic rings. The Morgan fingerprint density at radius 3 is 2.56 bits per heavy atom. The highest BCUT2D eigenvalue weighted by Gasteiger charge is 2.05. The SMILES string of the molecule is Cc1nc(Br)cc(N(C)CCc2ccccc2)n1. The second-order valence-corrected chi connectivity index (χ2v) is 5.07. The Balaban J connectivity index is 2.01. The van der Waals surface area contributed by atoms with E-state index in [1.165, 1.54) is 5.56 Å². The van der Waals surface area contributed by atoms with Crippen molar-refractivity contribution >= 4 is 21.7 Å². The molecule has 0 spiro atoms. The minimum Gasteiger partial charge on any atom is -0.359 e. The van der Waals surface area contributed by atoms with Gasteiger partial charge in [0.05, 0.1) is 0 Å². The van der Waals surface area contributed by atoms with Crippen molar-refractivity contribution < 1.29 is 0 Å². The van der Waals surface area contributed by atoms with Crippen molar-refractivity contribution in [3.63, 3.8) is 0 Å². The van der Waals surface area contributed by atoms with Crippen LogP contribution in [0.3, 0.4) is 0 Å². The molecule has 4 heteroatoms. The van der Waals surface area contributed by atoms with Crippen molar-refractivity contribution in [3.8, 4) is 0 Å². The molecule has 0 aliphatic carbocycles. The predicted molar refractivity (Wildman–Crippen MR) is 77.9 cm³/mol. The van der Waals surface area contributed by atoms with E-state index in [1.807, 2.05) is 19.1 Å². The Bertz CT molecular complexity index is 493. The van der Waals surface area contributed by atoms with Crippen molar-refractivity contribution in [2.24, 2.45) is 0 Å². The maximum Gasteiger partial charge on any atom is 0.133 e. The molecule has 0 radical (unpaired) electrons. The lowest BCUT2D eigenvalue weighted by Gasteiger charge is -2.18. The van der Waals surface area contributed by atoms with Gasteiger partial charge in [-0.15, -0.1) is 0 Å². The van der Waals surface area contributed by atoms with E-state index in [9.17, 15) is 0 Å². The van der Waals surface area contributed by atoms with E-state index in [4.69, 9.17) is 0 Å². The number of anilines is 1. The Labute approximate surface area is 116 Å². The normalized spacial score (nSPS) is 10.4. The number of nitrogens with zero attached hydrogens (tertiary/aromatic N) is 3. The van der Waals surface area contributed by atoms with Gasteiger partial charge in [-0.05, 0) is 34.8 Å². The highest BCUT2D eigenvalue weighted by atomic mass is 79.9. The molecular weight excluding hydrogens is 290 g/mol. The number of halogens is 1. The van der Waals surface area contributed by atoms with Crippen LogP contribution in [0.15, 0.2) is 41.0 Å². The van der Waals surface area contributed by atoms with Gasteiger partial charge in [0.1, 0.15) is 16.2 Å². The summed E-state index contributed by atoms with van der Waals surface area (Å²) in [5.41, 5.74) is 1.34. The van der Waals surface area contributed by atoms with E-state index in [0.717, 1.165) is 29.2 Å². The van der Waals surface area contributed by atoms with E-state index >= 15 is 0 Å². The molecule has 2 aromatic rings. The molecule has 1 heterocycles. The van der Waals surface area contributed by atoms with E-state index in [1.54, 1.807) is 0 Å². The molecule has 18 heavy (non-hydrogen) atoms. The molecule has 0 amide bonds. The summed E-state index contributed by atoms with van der Waals surface area (Å²) in [6.45, 7) is 2.84. The predicted octanol–water partition coefficient (Wildman–Crippen LogP) is 3.23. The van der Waals surface area contributed by atoms with E-state index in [0.29, 0.717) is 0 Å². The minimum absolute atomic E-state index is 0.783. The summed E-state index contributed by atoms with van der Waals surface area (Å²) in [4.78, 5) is 10.8. The monoisotopic (exact) mass is 305 g/mol. The summed E-state index contributed by atoms with van der Waals surface area (Å²) in [7, 11) is 2.05. The largest absolute Gasteiger partial charge is 0.359 e. The van der Waals surface area contributed by atoms with Gasteiger partial charge in [-0.25, -0.2) is 9.97 Å². The fourth-order valence-electron chi connectivity index (χ4n) is 1.77. The smallest absolute Gasteiger partial charge is 0.133 e. The van der Waals surface area contributed by atoms with Gasteiger partial charge in [-0.3, -0.25) is 0 Å². The zero-order chi connectivity index (χ0) is 13.0. The number of hydrogen-bond acceptors (Lipinski definition) is 3. The molecule has 0 aliphatic heterocycles. The second kappa shape index (κ2) is 5.96. The number of aryl methyl sites for hydroxylation is 1. The van der Waals surface area contributed by atoms with Gasteiger partial charge in [0.2, 0.25) is 0 Å². The van der Waals surface area contributed by atoms with Crippen LogP contribution in [0.5, 0.6) is 0 Å². The quantitative estimate of drug-likeness (QED) is 0.812. The molecular formula is C14H16BrN3. The van der Waals surface area contributed by atoms with Crippen LogP contribution in [0.25, 0.3) is 0 Å². The van der Waals surface area contributed by atoms with Crippen molar-refractivity contribution in [3.05, 3.63) is 52.4 Å². The average Bonchev–Trinajstić information content (AvgIpc) is 2.36. The van der Waals surface area contributed by atoms with E-state index < -0.39 is 0 Å². The molecule has 3 nitrogen and oxygen atoms in total. The van der Waals surface area contributed by atoms with Gasteiger partial charge in [0.15, 0.2) is 0 Å². The van der Waals surface area contributed by atoms with Gasteiger partial charge in [-0.2, -0.15) is 0 Å². The molecule has 94 valence electrons. The van der Waals surface area contributed by atoms with Crippen molar-refractivity contribution in [2.75, 3.05) is 18.5 Å². The summed E-state index contributed by atoms with van der Waals surface area (Å²) in [5.74, 6) is 1.73. The molecule has 1 aromatic carbocycles. The Kier molecular flexibility index (Phi) is 4.31. The third-order valence-electron chi connectivity index (χ3n) is 2.76. The van der Waals surface area contributed by atoms with Crippen LogP contribution >= 0.6 is 15.9 Å². The van der Waals surface area contributed by atoms with Crippen LogP contribution in [-0.2, 0) is 6.42 Å². The second-order valence-electron chi connectivity index (χ2n) is 4.25. The molecule has 0 atom stereocenters. The Hall–Kier alpha value is -1.42. The number of aromatic nitrogens is 2. The Morgan fingerprint density at radius 1 is 1.17 bits per heavy atom. The fourth-order valence-corrected chi connectivity index (χ4v) is 2.23. The maximum absolute atomic E-state index is 4.43. The summed E-state index contributed by atoms with van der Waals surface area (Å²) in [5, 5.41) is 0. The topological polar surface area (TPSA) is 29.0 Å². The van der Waals surface area contributed by atoms with Crippen LogP contribution in [-0.4, -0.2) is 23.6 Å². The van der Waals surface area contributed by atoms with Gasteiger partial charge in [0.25, 0.3) is 0 Å². The van der Waals surface area contributed by atoms with Gasteiger partial charge < -0.3 is 4.90 Å². The molecule has 0 fully saturated rings. The van der Waals surface area contributed by atoms with Crippen molar-refractivity contribution in [1.29, 1.82) is 0 Å². The maximum atomic E-state index is 4.43. The van der Waals surface area contributed by atoms with Gasteiger partial charge in [-0.1, -0.05) is 30.3 Å². The first-order valence-electron chi connectivity index (χ1n) is 5.91. The Morgan fingerprint density at radius 2 is 1.89 bits per heavy atom. The van der Waals surface area contributed by atoms with E-state index in [-0.39, 0.29) is 0 Å². The summed E-state index contributed by atoms with van der Waals surface area (Å²) < 4.78 is 0.830. The van der Waals surface area contributed by atoms with Crippen LogP contribution < -0.4 is 4.90 Å². The summed E-state index contributed by atoms with van der Waals surface area (Å²) in [6.07, 6.45) is 1.01. The molecule has 2 rings (SSSR count). The molecule has 0 N–H and O–H groups in total. The summed E-state index contributed by atoms with van der Waals surface area (Å²) in [6, 6.07) is 12.4. The molecule has 1 aromatic heterocycles. The lowest BCUT2D eigenvalue weighted by atomic mass is 10.1. The number of hydrogen-bond donors (Lipinski definition) is 0. The minimum atomic E-state index is 0.783. The highest BCUT2D eigenvalue weighted by molar-refractivity contribution is 9.10.